The van der Waals surface area contributed by atoms with Crippen LogP contribution in [0.3, 0.4) is 0 Å². The monoisotopic (exact) mass is 313 g/mol. The van der Waals surface area contributed by atoms with Crippen molar-refractivity contribution in [3.63, 3.8) is 0 Å². The highest BCUT2D eigenvalue weighted by atomic mass is 35.5. The Bertz CT molecular complexity index is 371. The van der Waals surface area contributed by atoms with E-state index in [0.717, 1.165) is 43.9 Å². The molecule has 120 valence electrons. The van der Waals surface area contributed by atoms with Crippen LogP contribution in [0.25, 0.3) is 0 Å². The molecule has 21 heavy (non-hydrogen) atoms. The molecule has 0 aromatic carbocycles. The van der Waals surface area contributed by atoms with E-state index in [0.29, 0.717) is 0 Å². The summed E-state index contributed by atoms with van der Waals surface area (Å²) in [5.74, 6) is 2.69. The summed E-state index contributed by atoms with van der Waals surface area (Å²) in [6, 6.07) is 0.208. The van der Waals surface area contributed by atoms with Crippen molar-refractivity contribution in [3.05, 3.63) is 0 Å². The van der Waals surface area contributed by atoms with Crippen LogP contribution in [0.15, 0.2) is 0 Å². The Morgan fingerprint density at radius 1 is 0.952 bits per heavy atom. The van der Waals surface area contributed by atoms with Gasteiger partial charge in [-0.3, -0.25) is 0 Å². The maximum Gasteiger partial charge on any atom is 0.317 e. The normalized spacial score (nSPS) is 41.8. The Morgan fingerprint density at radius 3 is 1.90 bits per heavy atom. The maximum absolute atomic E-state index is 12.6. The van der Waals surface area contributed by atoms with Crippen LogP contribution < -0.4 is 5.32 Å². The lowest BCUT2D eigenvalue weighted by molar-refractivity contribution is -0.0163. The number of hydrogen-bond acceptors (Lipinski definition) is 2. The van der Waals surface area contributed by atoms with Gasteiger partial charge in [0.1, 0.15) is 0 Å². The molecule has 0 aromatic heterocycles. The van der Waals surface area contributed by atoms with Crippen molar-refractivity contribution >= 4 is 18.4 Å². The van der Waals surface area contributed by atoms with E-state index in [2.05, 4.69) is 17.3 Å². The summed E-state index contributed by atoms with van der Waals surface area (Å²) in [6.07, 6.45) is 8.05. The first-order valence-electron chi connectivity index (χ1n) is 8.37. The zero-order valence-corrected chi connectivity index (χ0v) is 13.8. The minimum Gasteiger partial charge on any atom is -0.333 e. The van der Waals surface area contributed by atoms with Gasteiger partial charge in [0.2, 0.25) is 0 Å². The SMILES string of the molecule is CN1CCN(C(=O)NC23CC4CC(CC(C4)C2)C3)CC1.Cl. The highest BCUT2D eigenvalue weighted by molar-refractivity contribution is 5.85. The standard InChI is InChI=1S/C16H27N3O.ClH/c1-18-2-4-19(5-3-18)15(20)17-16-9-12-6-13(10-16)8-14(7-12)11-16;/h12-14H,2-11H2,1H3,(H,17,20);1H. The smallest absolute Gasteiger partial charge is 0.317 e. The number of carbonyl (C=O) groups is 1. The van der Waals surface area contributed by atoms with Gasteiger partial charge in [-0.25, -0.2) is 4.79 Å². The molecule has 0 unspecified atom stereocenters. The maximum atomic E-state index is 12.6. The molecular weight excluding hydrogens is 286 g/mol. The molecule has 1 heterocycles. The van der Waals surface area contributed by atoms with Gasteiger partial charge in [-0.05, 0) is 63.3 Å². The molecule has 1 N–H and O–H groups in total. The molecule has 5 aliphatic rings. The fraction of sp³-hybridized carbons (Fsp3) is 0.938. The van der Waals surface area contributed by atoms with Crippen molar-refractivity contribution in [1.82, 2.24) is 15.1 Å². The minimum atomic E-state index is 0. The molecule has 4 nitrogen and oxygen atoms in total. The second-order valence-corrected chi connectivity index (χ2v) is 7.92. The van der Waals surface area contributed by atoms with Gasteiger partial charge in [0, 0.05) is 31.7 Å². The van der Waals surface area contributed by atoms with Gasteiger partial charge >= 0.3 is 6.03 Å². The third-order valence-corrected chi connectivity index (χ3v) is 6.20. The second-order valence-electron chi connectivity index (χ2n) is 7.92. The van der Waals surface area contributed by atoms with E-state index >= 15 is 0 Å². The average Bonchev–Trinajstić information content (AvgIpc) is 2.37. The van der Waals surface area contributed by atoms with Gasteiger partial charge in [-0.15, -0.1) is 12.4 Å². The van der Waals surface area contributed by atoms with Crippen molar-refractivity contribution in [2.24, 2.45) is 17.8 Å². The van der Waals surface area contributed by atoms with E-state index < -0.39 is 0 Å². The van der Waals surface area contributed by atoms with Crippen LogP contribution in [0.1, 0.15) is 38.5 Å². The molecule has 2 amide bonds. The number of rotatable bonds is 1. The van der Waals surface area contributed by atoms with Gasteiger partial charge in [0.25, 0.3) is 0 Å². The fourth-order valence-corrected chi connectivity index (χ4v) is 5.58. The van der Waals surface area contributed by atoms with Crippen molar-refractivity contribution in [1.29, 1.82) is 0 Å². The number of nitrogens with zero attached hydrogens (tertiary/aromatic N) is 2. The first-order valence-corrected chi connectivity index (χ1v) is 8.37. The molecule has 0 aromatic rings. The molecule has 0 radical (unpaired) electrons. The number of urea groups is 1. The largest absolute Gasteiger partial charge is 0.333 e. The van der Waals surface area contributed by atoms with Crippen molar-refractivity contribution in [2.45, 2.75) is 44.1 Å². The minimum absolute atomic E-state index is 0. The van der Waals surface area contributed by atoms with Crippen molar-refractivity contribution < 1.29 is 4.79 Å². The average molecular weight is 314 g/mol. The van der Waals surface area contributed by atoms with Gasteiger partial charge in [-0.2, -0.15) is 0 Å². The summed E-state index contributed by atoms with van der Waals surface area (Å²) >= 11 is 0. The fourth-order valence-electron chi connectivity index (χ4n) is 5.58. The molecule has 5 heteroatoms. The van der Waals surface area contributed by atoms with Crippen LogP contribution in [-0.2, 0) is 0 Å². The molecule has 1 aliphatic heterocycles. The quantitative estimate of drug-likeness (QED) is 0.806. The first-order chi connectivity index (χ1) is 9.62. The Hall–Kier alpha value is -0.480. The molecule has 4 saturated carbocycles. The number of hydrogen-bond donors (Lipinski definition) is 1. The Labute approximate surface area is 134 Å². The number of likely N-dealkylation sites (N-methyl/N-ethyl adjacent to an activating group) is 1. The van der Waals surface area contributed by atoms with Crippen LogP contribution in [-0.4, -0.2) is 54.6 Å². The van der Waals surface area contributed by atoms with E-state index in [4.69, 9.17) is 0 Å². The molecule has 0 atom stereocenters. The Kier molecular flexibility index (Phi) is 4.12. The molecule has 5 rings (SSSR count). The second kappa shape index (κ2) is 5.62. The number of amides is 2. The molecule has 1 saturated heterocycles. The van der Waals surface area contributed by atoms with E-state index in [1.807, 2.05) is 4.90 Å². The first kappa shape index (κ1) is 15.4. The topological polar surface area (TPSA) is 35.6 Å². The van der Waals surface area contributed by atoms with Crippen molar-refractivity contribution in [3.8, 4) is 0 Å². The summed E-state index contributed by atoms with van der Waals surface area (Å²) in [5, 5.41) is 3.48. The zero-order valence-electron chi connectivity index (χ0n) is 13.0. The summed E-state index contributed by atoms with van der Waals surface area (Å²) in [7, 11) is 2.13. The van der Waals surface area contributed by atoms with Crippen LogP contribution in [0.5, 0.6) is 0 Å². The highest BCUT2D eigenvalue weighted by Crippen LogP contribution is 2.55. The number of piperazine rings is 1. The Morgan fingerprint density at radius 2 is 1.43 bits per heavy atom. The molecule has 0 spiro atoms. The Balaban J connectivity index is 0.00000132. The lowest BCUT2D eigenvalue weighted by Crippen LogP contribution is -2.63. The van der Waals surface area contributed by atoms with Crippen LogP contribution in [0.2, 0.25) is 0 Å². The third-order valence-electron chi connectivity index (χ3n) is 6.20. The van der Waals surface area contributed by atoms with Gasteiger partial charge < -0.3 is 15.1 Å². The lowest BCUT2D eigenvalue weighted by atomic mass is 9.53. The van der Waals surface area contributed by atoms with E-state index in [-0.39, 0.29) is 24.0 Å². The van der Waals surface area contributed by atoms with E-state index in [1.54, 1.807) is 0 Å². The summed E-state index contributed by atoms with van der Waals surface area (Å²) in [4.78, 5) is 16.9. The number of nitrogens with one attached hydrogen (secondary N) is 1. The van der Waals surface area contributed by atoms with Gasteiger partial charge in [-0.1, -0.05) is 0 Å². The van der Waals surface area contributed by atoms with Gasteiger partial charge in [0.15, 0.2) is 0 Å². The van der Waals surface area contributed by atoms with Crippen molar-refractivity contribution in [2.75, 3.05) is 33.2 Å². The summed E-state index contributed by atoms with van der Waals surface area (Å²) < 4.78 is 0. The molecule has 4 bridgehead atoms. The van der Waals surface area contributed by atoms with E-state index in [9.17, 15) is 4.79 Å². The third kappa shape index (κ3) is 2.89. The molecule has 5 fully saturated rings. The van der Waals surface area contributed by atoms with Gasteiger partial charge in [0.05, 0.1) is 0 Å². The zero-order chi connectivity index (χ0) is 13.7. The van der Waals surface area contributed by atoms with Crippen LogP contribution >= 0.6 is 12.4 Å². The number of carbonyl (C=O) groups excluding carboxylic acids is 1. The number of halogens is 1. The summed E-state index contributed by atoms with van der Waals surface area (Å²) in [6.45, 7) is 3.78. The molecule has 4 aliphatic carbocycles. The predicted octanol–water partition coefficient (Wildman–Crippen LogP) is 2.33. The predicted molar refractivity (Wildman–Crippen MR) is 85.8 cm³/mol. The lowest BCUT2D eigenvalue weighted by Gasteiger charge is -2.57. The van der Waals surface area contributed by atoms with Crippen LogP contribution in [0, 0.1) is 17.8 Å². The highest BCUT2D eigenvalue weighted by Gasteiger charge is 2.51. The van der Waals surface area contributed by atoms with Crippen LogP contribution in [0.4, 0.5) is 4.79 Å². The molecular formula is C16H28ClN3O. The van der Waals surface area contributed by atoms with E-state index in [1.165, 1.54) is 38.5 Å². The summed E-state index contributed by atoms with van der Waals surface area (Å²) in [5.41, 5.74) is 0.162.